The van der Waals surface area contributed by atoms with Gasteiger partial charge in [-0.3, -0.25) is 4.90 Å². The molecule has 1 aromatic carbocycles. The topological polar surface area (TPSA) is 15.3 Å². The molecule has 1 aliphatic heterocycles. The van der Waals surface area contributed by atoms with E-state index in [1.807, 2.05) is 12.1 Å². The maximum atomic E-state index is 6.18. The molecule has 0 radical (unpaired) electrons. The first kappa shape index (κ1) is 15.6. The van der Waals surface area contributed by atoms with E-state index in [4.69, 9.17) is 23.2 Å². The van der Waals surface area contributed by atoms with Crippen LogP contribution in [0.25, 0.3) is 0 Å². The van der Waals surface area contributed by atoms with E-state index in [-0.39, 0.29) is 0 Å². The van der Waals surface area contributed by atoms with Crippen LogP contribution in [0.15, 0.2) is 18.2 Å². The van der Waals surface area contributed by atoms with Gasteiger partial charge in [0.25, 0.3) is 0 Å². The number of nitrogens with zero attached hydrogens (tertiary/aromatic N) is 1. The van der Waals surface area contributed by atoms with Crippen LogP contribution in [0.4, 0.5) is 0 Å². The Kier molecular flexibility index (Phi) is 4.80. The van der Waals surface area contributed by atoms with Gasteiger partial charge in [0, 0.05) is 31.2 Å². The number of hydrogen-bond acceptors (Lipinski definition) is 2. The Balaban J connectivity index is 1.80. The zero-order chi connectivity index (χ0) is 14.9. The second-order valence-corrected chi connectivity index (χ2v) is 7.36. The van der Waals surface area contributed by atoms with Gasteiger partial charge < -0.3 is 5.32 Å². The van der Waals surface area contributed by atoms with Crippen molar-refractivity contribution < 1.29 is 0 Å². The highest BCUT2D eigenvalue weighted by Crippen LogP contribution is 2.38. The van der Waals surface area contributed by atoms with Crippen molar-refractivity contribution in [2.45, 2.75) is 57.2 Å². The minimum Gasteiger partial charge on any atom is -0.311 e. The van der Waals surface area contributed by atoms with Crippen molar-refractivity contribution in [1.82, 2.24) is 10.2 Å². The van der Waals surface area contributed by atoms with Gasteiger partial charge in [0.05, 0.1) is 10.0 Å². The van der Waals surface area contributed by atoms with Crippen molar-refractivity contribution in [2.24, 2.45) is 0 Å². The van der Waals surface area contributed by atoms with Gasteiger partial charge in [-0.25, -0.2) is 0 Å². The molecule has 3 rings (SSSR count). The van der Waals surface area contributed by atoms with Gasteiger partial charge in [-0.2, -0.15) is 0 Å². The lowest BCUT2D eigenvalue weighted by molar-refractivity contribution is 0.0349. The van der Waals surface area contributed by atoms with Crippen LogP contribution in [0, 0.1) is 0 Å². The fraction of sp³-hybridized carbons (Fsp3) is 0.647. The minimum atomic E-state index is 0.359. The molecule has 2 aliphatic rings. The molecule has 1 saturated carbocycles. The van der Waals surface area contributed by atoms with E-state index in [0.717, 1.165) is 19.6 Å². The summed E-state index contributed by atoms with van der Waals surface area (Å²) >= 11 is 12.2. The highest BCUT2D eigenvalue weighted by Gasteiger charge is 2.42. The van der Waals surface area contributed by atoms with E-state index in [1.54, 1.807) is 0 Å². The molecule has 1 aromatic rings. The first-order valence-electron chi connectivity index (χ1n) is 8.05. The number of nitrogens with one attached hydrogen (secondary N) is 1. The third-order valence-electron chi connectivity index (χ3n) is 5.22. The number of hydrogen-bond donors (Lipinski definition) is 1. The molecule has 1 saturated heterocycles. The van der Waals surface area contributed by atoms with Gasteiger partial charge in [0.15, 0.2) is 0 Å². The summed E-state index contributed by atoms with van der Waals surface area (Å²) in [5.74, 6) is 0. The number of halogens is 2. The molecular formula is C17H24Cl2N2. The lowest BCUT2D eigenvalue weighted by Gasteiger charge is -2.48. The summed E-state index contributed by atoms with van der Waals surface area (Å²) in [5.41, 5.74) is 1.63. The lowest BCUT2D eigenvalue weighted by Crippen LogP contribution is -2.62. The number of rotatable bonds is 3. The summed E-state index contributed by atoms with van der Waals surface area (Å²) in [6.45, 7) is 5.51. The van der Waals surface area contributed by atoms with Crippen LogP contribution < -0.4 is 5.32 Å². The molecule has 1 atom stereocenters. The molecule has 0 aromatic heterocycles. The van der Waals surface area contributed by atoms with Crippen molar-refractivity contribution in [3.63, 3.8) is 0 Å². The average Bonchev–Trinajstić information content (AvgIpc) is 2.95. The maximum absolute atomic E-state index is 6.18. The second kappa shape index (κ2) is 6.45. The van der Waals surface area contributed by atoms with Crippen LogP contribution in [-0.4, -0.2) is 29.6 Å². The fourth-order valence-corrected chi connectivity index (χ4v) is 4.18. The normalized spacial score (nSPS) is 25.6. The molecule has 1 unspecified atom stereocenters. The third-order valence-corrected chi connectivity index (χ3v) is 5.95. The first-order chi connectivity index (χ1) is 10.1. The Hall–Kier alpha value is -0.280. The molecular weight excluding hydrogens is 303 g/mol. The fourth-order valence-electron chi connectivity index (χ4n) is 3.86. The van der Waals surface area contributed by atoms with Crippen molar-refractivity contribution in [2.75, 3.05) is 13.1 Å². The molecule has 1 N–H and O–H groups in total. The highest BCUT2D eigenvalue weighted by molar-refractivity contribution is 6.42. The van der Waals surface area contributed by atoms with E-state index in [2.05, 4.69) is 23.2 Å². The van der Waals surface area contributed by atoms with Crippen LogP contribution in [0.1, 0.15) is 44.6 Å². The maximum Gasteiger partial charge on any atom is 0.0595 e. The van der Waals surface area contributed by atoms with Crippen molar-refractivity contribution in [3.05, 3.63) is 33.8 Å². The molecule has 4 heteroatoms. The number of piperazine rings is 1. The molecule has 0 amide bonds. The molecule has 2 nitrogen and oxygen atoms in total. The molecule has 116 valence electrons. The van der Waals surface area contributed by atoms with E-state index in [9.17, 15) is 0 Å². The van der Waals surface area contributed by atoms with Gasteiger partial charge in [0.2, 0.25) is 0 Å². The smallest absolute Gasteiger partial charge is 0.0595 e. The molecule has 1 spiro atoms. The molecule has 1 heterocycles. The van der Waals surface area contributed by atoms with Gasteiger partial charge in [-0.05, 0) is 37.0 Å². The quantitative estimate of drug-likeness (QED) is 0.880. The summed E-state index contributed by atoms with van der Waals surface area (Å²) in [5, 5.41) is 5.05. The second-order valence-electron chi connectivity index (χ2n) is 6.55. The Morgan fingerprint density at radius 1 is 1.24 bits per heavy atom. The van der Waals surface area contributed by atoms with Crippen LogP contribution in [0.2, 0.25) is 10.0 Å². The van der Waals surface area contributed by atoms with E-state index < -0.39 is 0 Å². The van der Waals surface area contributed by atoms with Gasteiger partial charge in [0.1, 0.15) is 0 Å². The largest absolute Gasteiger partial charge is 0.311 e. The average molecular weight is 327 g/mol. The number of benzene rings is 1. The molecule has 1 aliphatic carbocycles. The highest BCUT2D eigenvalue weighted by atomic mass is 35.5. The summed E-state index contributed by atoms with van der Waals surface area (Å²) in [4.78, 5) is 2.70. The Morgan fingerprint density at radius 2 is 2.00 bits per heavy atom. The minimum absolute atomic E-state index is 0.359. The van der Waals surface area contributed by atoms with Crippen LogP contribution in [-0.2, 0) is 6.54 Å². The van der Waals surface area contributed by atoms with Crippen LogP contribution in [0.5, 0.6) is 0 Å². The predicted molar refractivity (Wildman–Crippen MR) is 90.2 cm³/mol. The standard InChI is InChI=1S/C17H24Cl2N2/c1-2-14-11-21(17(12-20-14)7-3-4-8-17)10-13-5-6-15(18)16(19)9-13/h5-6,9,14,20H,2-4,7-8,10-12H2,1H3. The van der Waals surface area contributed by atoms with E-state index in [0.29, 0.717) is 21.6 Å². The predicted octanol–water partition coefficient (Wildman–Crippen LogP) is 4.49. The first-order valence-corrected chi connectivity index (χ1v) is 8.81. The summed E-state index contributed by atoms with van der Waals surface area (Å²) in [7, 11) is 0. The molecule has 21 heavy (non-hydrogen) atoms. The lowest BCUT2D eigenvalue weighted by atomic mass is 9.90. The van der Waals surface area contributed by atoms with Gasteiger partial charge in [-0.15, -0.1) is 0 Å². The molecule has 2 fully saturated rings. The summed E-state index contributed by atoms with van der Waals surface area (Å²) in [6.07, 6.45) is 6.54. The monoisotopic (exact) mass is 326 g/mol. The summed E-state index contributed by atoms with van der Waals surface area (Å²) < 4.78 is 0. The van der Waals surface area contributed by atoms with Crippen molar-refractivity contribution in [3.8, 4) is 0 Å². The third kappa shape index (κ3) is 3.24. The Morgan fingerprint density at radius 3 is 2.67 bits per heavy atom. The van der Waals surface area contributed by atoms with Crippen molar-refractivity contribution >= 4 is 23.2 Å². The van der Waals surface area contributed by atoms with Gasteiger partial charge in [-0.1, -0.05) is 49.0 Å². The summed E-state index contributed by atoms with van der Waals surface area (Å²) in [6, 6.07) is 6.66. The zero-order valence-corrected chi connectivity index (χ0v) is 14.2. The van der Waals surface area contributed by atoms with Gasteiger partial charge >= 0.3 is 0 Å². The Bertz CT molecular complexity index is 498. The van der Waals surface area contributed by atoms with Crippen molar-refractivity contribution in [1.29, 1.82) is 0 Å². The van der Waals surface area contributed by atoms with Crippen LogP contribution >= 0.6 is 23.2 Å². The SMILES string of the molecule is CCC1CN(Cc2ccc(Cl)c(Cl)c2)C2(CCCC2)CN1. The molecule has 0 bridgehead atoms. The zero-order valence-electron chi connectivity index (χ0n) is 12.7. The van der Waals surface area contributed by atoms with E-state index in [1.165, 1.54) is 37.7 Å². The van der Waals surface area contributed by atoms with Crippen LogP contribution in [0.3, 0.4) is 0 Å². The Labute approximate surface area is 137 Å². The van der Waals surface area contributed by atoms with E-state index >= 15 is 0 Å².